The number of hydrogen-bond donors (Lipinski definition) is 2. The fourth-order valence-corrected chi connectivity index (χ4v) is 2.01. The first-order valence-corrected chi connectivity index (χ1v) is 5.43. The number of nitrogens with two attached hydrogens (primary N) is 2. The lowest BCUT2D eigenvalue weighted by Crippen LogP contribution is -2.21. The maximum absolute atomic E-state index is 5.81. The zero-order valence-corrected chi connectivity index (χ0v) is 10.2. The van der Waals surface area contributed by atoms with Gasteiger partial charge in [0.25, 0.3) is 0 Å². The van der Waals surface area contributed by atoms with Crippen LogP contribution in [0.2, 0.25) is 0 Å². The van der Waals surface area contributed by atoms with Gasteiger partial charge in [0, 0.05) is 20.6 Å². The Morgan fingerprint density at radius 1 is 1.50 bits per heavy atom. The lowest BCUT2D eigenvalue weighted by atomic mass is 10.1. The van der Waals surface area contributed by atoms with Crippen molar-refractivity contribution in [2.75, 3.05) is 6.54 Å². The van der Waals surface area contributed by atoms with Crippen molar-refractivity contribution in [1.29, 1.82) is 0 Å². The van der Waals surface area contributed by atoms with Crippen LogP contribution in [-0.4, -0.2) is 6.54 Å². The largest absolute Gasteiger partial charge is 0.329 e. The average Bonchev–Trinajstić information content (AvgIpc) is 2.08. The van der Waals surface area contributed by atoms with E-state index in [9.17, 15) is 0 Å². The van der Waals surface area contributed by atoms with Crippen molar-refractivity contribution < 1.29 is 0 Å². The van der Waals surface area contributed by atoms with Crippen molar-refractivity contribution in [3.63, 3.8) is 0 Å². The molecule has 1 atom stereocenters. The molecule has 0 radical (unpaired) electrons. The van der Waals surface area contributed by atoms with Gasteiger partial charge in [0.2, 0.25) is 0 Å². The lowest BCUT2D eigenvalue weighted by Gasteiger charge is -2.11. The molecule has 0 saturated heterocycles. The van der Waals surface area contributed by atoms with Crippen molar-refractivity contribution in [3.8, 4) is 0 Å². The van der Waals surface area contributed by atoms with E-state index in [-0.39, 0.29) is 6.04 Å². The topological polar surface area (TPSA) is 52.0 Å². The van der Waals surface area contributed by atoms with Crippen LogP contribution in [0.3, 0.4) is 0 Å². The molecule has 1 aromatic carbocycles. The van der Waals surface area contributed by atoms with Gasteiger partial charge in [-0.05, 0) is 50.2 Å². The van der Waals surface area contributed by atoms with Gasteiger partial charge in [0.05, 0.1) is 0 Å². The smallest absolute Gasteiger partial charge is 0.0431 e. The van der Waals surface area contributed by atoms with E-state index in [0.29, 0.717) is 6.54 Å². The molecule has 1 rings (SSSR count). The Balaban J connectivity index is 3.07. The predicted octanol–water partition coefficient (Wildman–Crippen LogP) is 2.01. The molecule has 0 fully saturated rings. The summed E-state index contributed by atoms with van der Waals surface area (Å²) in [7, 11) is 0. The summed E-state index contributed by atoms with van der Waals surface area (Å²) >= 11 is 5.73. The standard InChI is InChI=1S/C8H10BrIN2/c9-8-5(7(12)4-11)2-1-3-6(8)10/h1-3,7H,4,11-12H2. The van der Waals surface area contributed by atoms with E-state index < -0.39 is 0 Å². The first-order valence-electron chi connectivity index (χ1n) is 3.56. The molecule has 0 saturated carbocycles. The van der Waals surface area contributed by atoms with Crippen LogP contribution in [0.25, 0.3) is 0 Å². The minimum Gasteiger partial charge on any atom is -0.329 e. The molecule has 1 unspecified atom stereocenters. The Bertz CT molecular complexity index is 278. The maximum atomic E-state index is 5.81. The highest BCUT2D eigenvalue weighted by Gasteiger charge is 2.09. The first kappa shape index (κ1) is 10.4. The second-order valence-corrected chi connectivity index (χ2v) is 4.44. The van der Waals surface area contributed by atoms with Gasteiger partial charge in [-0.25, -0.2) is 0 Å². The van der Waals surface area contributed by atoms with Crippen LogP contribution in [0.5, 0.6) is 0 Å². The molecule has 0 spiro atoms. The van der Waals surface area contributed by atoms with Gasteiger partial charge in [0.15, 0.2) is 0 Å². The summed E-state index contributed by atoms with van der Waals surface area (Å²) in [6, 6.07) is 5.92. The summed E-state index contributed by atoms with van der Waals surface area (Å²) in [5.41, 5.74) is 12.4. The first-order chi connectivity index (χ1) is 5.66. The van der Waals surface area contributed by atoms with E-state index >= 15 is 0 Å². The summed E-state index contributed by atoms with van der Waals surface area (Å²) in [6.07, 6.45) is 0. The van der Waals surface area contributed by atoms with Crippen LogP contribution >= 0.6 is 38.5 Å². The number of benzene rings is 1. The highest BCUT2D eigenvalue weighted by atomic mass is 127. The Labute approximate surface area is 94.0 Å². The quantitative estimate of drug-likeness (QED) is 0.809. The molecule has 0 amide bonds. The van der Waals surface area contributed by atoms with E-state index in [4.69, 9.17) is 11.5 Å². The van der Waals surface area contributed by atoms with Crippen molar-refractivity contribution >= 4 is 38.5 Å². The minimum atomic E-state index is -0.0749. The molecule has 4 N–H and O–H groups in total. The summed E-state index contributed by atoms with van der Waals surface area (Å²) in [6.45, 7) is 0.471. The molecule has 0 aliphatic rings. The minimum absolute atomic E-state index is 0.0749. The molecule has 0 aliphatic heterocycles. The normalized spacial score (nSPS) is 13.0. The van der Waals surface area contributed by atoms with Crippen molar-refractivity contribution in [2.45, 2.75) is 6.04 Å². The van der Waals surface area contributed by atoms with Crippen LogP contribution in [0.4, 0.5) is 0 Å². The van der Waals surface area contributed by atoms with Crippen molar-refractivity contribution in [1.82, 2.24) is 0 Å². The molecule has 0 aliphatic carbocycles. The van der Waals surface area contributed by atoms with Crippen molar-refractivity contribution in [2.24, 2.45) is 11.5 Å². The van der Waals surface area contributed by atoms with Crippen LogP contribution in [-0.2, 0) is 0 Å². The van der Waals surface area contributed by atoms with Gasteiger partial charge in [-0.1, -0.05) is 12.1 Å². The average molecular weight is 341 g/mol. The molecular weight excluding hydrogens is 331 g/mol. The van der Waals surface area contributed by atoms with E-state index in [1.165, 1.54) is 0 Å². The molecule has 0 aromatic heterocycles. The van der Waals surface area contributed by atoms with E-state index in [1.54, 1.807) is 0 Å². The molecule has 12 heavy (non-hydrogen) atoms. The Hall–Kier alpha value is 0.350. The summed E-state index contributed by atoms with van der Waals surface area (Å²) in [5, 5.41) is 0. The monoisotopic (exact) mass is 340 g/mol. The summed E-state index contributed by atoms with van der Waals surface area (Å²) in [4.78, 5) is 0. The summed E-state index contributed by atoms with van der Waals surface area (Å²) < 4.78 is 2.22. The SMILES string of the molecule is NCC(N)c1cccc(I)c1Br. The fraction of sp³-hybridized carbons (Fsp3) is 0.250. The Morgan fingerprint density at radius 2 is 2.17 bits per heavy atom. The van der Waals surface area contributed by atoms with Gasteiger partial charge in [-0.2, -0.15) is 0 Å². The number of halogens is 2. The highest BCUT2D eigenvalue weighted by molar-refractivity contribution is 14.1. The second-order valence-electron chi connectivity index (χ2n) is 2.49. The number of hydrogen-bond acceptors (Lipinski definition) is 2. The highest BCUT2D eigenvalue weighted by Crippen LogP contribution is 2.26. The van der Waals surface area contributed by atoms with Gasteiger partial charge in [-0.15, -0.1) is 0 Å². The predicted molar refractivity (Wildman–Crippen MR) is 62.8 cm³/mol. The van der Waals surface area contributed by atoms with Gasteiger partial charge in [-0.3, -0.25) is 0 Å². The molecule has 66 valence electrons. The van der Waals surface area contributed by atoms with E-state index in [2.05, 4.69) is 38.5 Å². The van der Waals surface area contributed by atoms with Crippen molar-refractivity contribution in [3.05, 3.63) is 31.8 Å². The molecule has 2 nitrogen and oxygen atoms in total. The Kier molecular flexibility index (Phi) is 3.95. The van der Waals surface area contributed by atoms with Crippen LogP contribution in [0.15, 0.2) is 22.7 Å². The van der Waals surface area contributed by atoms with E-state index in [0.717, 1.165) is 13.6 Å². The Morgan fingerprint density at radius 3 is 2.75 bits per heavy atom. The molecule has 1 aromatic rings. The fourth-order valence-electron chi connectivity index (χ4n) is 0.934. The zero-order chi connectivity index (χ0) is 9.14. The van der Waals surface area contributed by atoms with Crippen LogP contribution in [0.1, 0.15) is 11.6 Å². The van der Waals surface area contributed by atoms with Crippen LogP contribution in [0, 0.1) is 3.57 Å². The lowest BCUT2D eigenvalue weighted by molar-refractivity contribution is 0.733. The third kappa shape index (κ3) is 2.18. The molecular formula is C8H10BrIN2. The third-order valence-electron chi connectivity index (χ3n) is 1.63. The van der Waals surface area contributed by atoms with Gasteiger partial charge >= 0.3 is 0 Å². The maximum Gasteiger partial charge on any atom is 0.0431 e. The third-order valence-corrected chi connectivity index (χ3v) is 4.16. The summed E-state index contributed by atoms with van der Waals surface area (Å²) in [5.74, 6) is 0. The second kappa shape index (κ2) is 4.55. The zero-order valence-electron chi connectivity index (χ0n) is 6.43. The van der Waals surface area contributed by atoms with Gasteiger partial charge < -0.3 is 11.5 Å². The van der Waals surface area contributed by atoms with Gasteiger partial charge in [0.1, 0.15) is 0 Å². The molecule has 4 heteroatoms. The van der Waals surface area contributed by atoms with E-state index in [1.807, 2.05) is 18.2 Å². The molecule has 0 bridgehead atoms. The number of rotatable bonds is 2. The van der Waals surface area contributed by atoms with Crippen LogP contribution < -0.4 is 11.5 Å². The molecule has 0 heterocycles.